The third-order valence-electron chi connectivity index (χ3n) is 6.66. The van der Waals surface area contributed by atoms with Crippen molar-refractivity contribution < 1.29 is 17.9 Å². The van der Waals surface area contributed by atoms with E-state index in [1.165, 1.54) is 23.2 Å². The first kappa shape index (κ1) is 27.0. The number of hydrogen-bond donors (Lipinski definition) is 1. The number of rotatable bonds is 8. The Bertz CT molecular complexity index is 1360. The molecule has 1 N–H and O–H groups in total. The number of thioether (sulfide) groups is 1. The Kier molecular flexibility index (Phi) is 8.46. The molecule has 37 heavy (non-hydrogen) atoms. The Morgan fingerprint density at radius 1 is 1.11 bits per heavy atom. The molecule has 0 radical (unpaired) electrons. The summed E-state index contributed by atoms with van der Waals surface area (Å²) in [5, 5.41) is 3.34. The van der Waals surface area contributed by atoms with Crippen LogP contribution in [0.4, 0.5) is 22.7 Å². The molecule has 7 nitrogen and oxygen atoms in total. The van der Waals surface area contributed by atoms with Crippen molar-refractivity contribution in [2.45, 2.75) is 42.0 Å². The number of ether oxygens (including phenoxy) is 1. The zero-order chi connectivity index (χ0) is 26.6. The van der Waals surface area contributed by atoms with Gasteiger partial charge in [0.25, 0.3) is 0 Å². The van der Waals surface area contributed by atoms with Crippen LogP contribution in [-0.2, 0) is 14.8 Å². The number of nitrogens with zero attached hydrogens (tertiary/aromatic N) is 2. The molecule has 1 aliphatic rings. The fourth-order valence-corrected chi connectivity index (χ4v) is 6.71. The molecule has 1 atom stereocenters. The molecule has 0 fully saturated rings. The van der Waals surface area contributed by atoms with Gasteiger partial charge in [0, 0.05) is 35.9 Å². The largest absolute Gasteiger partial charge is 0.465 e. The lowest BCUT2D eigenvalue weighted by Gasteiger charge is -2.29. The van der Waals surface area contributed by atoms with E-state index in [4.69, 9.17) is 4.74 Å². The van der Waals surface area contributed by atoms with E-state index in [0.29, 0.717) is 29.2 Å². The molecule has 1 unspecified atom stereocenters. The SMILES string of the molecule is CCCCC1CN(c2ccccc2)c2cc(SC)c(Nc3cccc(C(=O)OC)c3)cc2S(=O)(=O)N1C. The predicted molar refractivity (Wildman–Crippen MR) is 151 cm³/mol. The number of carbonyl (C=O) groups excluding carboxylic acids is 1. The van der Waals surface area contributed by atoms with Crippen molar-refractivity contribution in [3.8, 4) is 0 Å². The topological polar surface area (TPSA) is 79.0 Å². The highest BCUT2D eigenvalue weighted by atomic mass is 32.2. The van der Waals surface area contributed by atoms with Crippen LogP contribution in [0.1, 0.15) is 36.5 Å². The normalized spacial score (nSPS) is 17.1. The minimum atomic E-state index is -3.77. The van der Waals surface area contributed by atoms with Gasteiger partial charge in [0.05, 0.1) is 24.0 Å². The first-order chi connectivity index (χ1) is 17.8. The molecule has 9 heteroatoms. The predicted octanol–water partition coefficient (Wildman–Crippen LogP) is 6.27. The second-order valence-electron chi connectivity index (χ2n) is 8.98. The summed E-state index contributed by atoms with van der Waals surface area (Å²) in [6.07, 6.45) is 4.69. The zero-order valence-corrected chi connectivity index (χ0v) is 23.2. The summed E-state index contributed by atoms with van der Waals surface area (Å²) in [5.41, 5.74) is 3.35. The van der Waals surface area contributed by atoms with Gasteiger partial charge in [-0.3, -0.25) is 0 Å². The number of carbonyl (C=O) groups is 1. The Morgan fingerprint density at radius 2 is 1.86 bits per heavy atom. The van der Waals surface area contributed by atoms with Crippen LogP contribution in [0.25, 0.3) is 0 Å². The lowest BCUT2D eigenvalue weighted by molar-refractivity contribution is 0.0600. The number of methoxy groups -OCH3 is 1. The number of hydrogen-bond acceptors (Lipinski definition) is 7. The first-order valence-electron chi connectivity index (χ1n) is 12.3. The number of nitrogens with one attached hydrogen (secondary N) is 1. The summed E-state index contributed by atoms with van der Waals surface area (Å²) in [6, 6.07) is 20.4. The van der Waals surface area contributed by atoms with E-state index in [2.05, 4.69) is 17.1 Å². The maximum Gasteiger partial charge on any atom is 0.337 e. The quantitative estimate of drug-likeness (QED) is 0.267. The molecule has 0 saturated heterocycles. The third-order valence-corrected chi connectivity index (χ3v) is 9.37. The second-order valence-corrected chi connectivity index (χ2v) is 11.8. The Balaban J connectivity index is 1.86. The van der Waals surface area contributed by atoms with Gasteiger partial charge in [0.15, 0.2) is 0 Å². The summed E-state index contributed by atoms with van der Waals surface area (Å²) in [6.45, 7) is 2.68. The lowest BCUT2D eigenvalue weighted by Crippen LogP contribution is -2.40. The van der Waals surface area contributed by atoms with Gasteiger partial charge in [-0.25, -0.2) is 13.2 Å². The highest BCUT2D eigenvalue weighted by Gasteiger charge is 2.37. The van der Waals surface area contributed by atoms with Crippen LogP contribution in [0.2, 0.25) is 0 Å². The van der Waals surface area contributed by atoms with E-state index >= 15 is 0 Å². The Labute approximate surface area is 223 Å². The zero-order valence-electron chi connectivity index (χ0n) is 21.6. The number of esters is 1. The van der Waals surface area contributed by atoms with E-state index in [0.717, 1.165) is 29.8 Å². The molecule has 1 aliphatic heterocycles. The molecule has 0 saturated carbocycles. The van der Waals surface area contributed by atoms with Gasteiger partial charge in [-0.15, -0.1) is 11.8 Å². The standard InChI is InChI=1S/C28H33N3O4S2/c1-5-6-13-23-19-31(22-14-8-7-9-15-22)25-18-26(36-4)24(17-27(25)37(33,34)30(23)2)29-21-12-10-11-20(16-21)28(32)35-3/h7-12,14-18,23,29H,5-6,13,19H2,1-4H3. The van der Waals surface area contributed by atoms with Crippen molar-refractivity contribution in [3.05, 3.63) is 72.3 Å². The Hall–Kier alpha value is -3.01. The maximum absolute atomic E-state index is 14.0. The number of anilines is 4. The lowest BCUT2D eigenvalue weighted by atomic mass is 10.1. The molecule has 3 aromatic carbocycles. The minimum absolute atomic E-state index is 0.163. The molecule has 0 aliphatic carbocycles. The number of benzene rings is 3. The summed E-state index contributed by atoms with van der Waals surface area (Å²) >= 11 is 1.53. The van der Waals surface area contributed by atoms with Gasteiger partial charge in [-0.1, -0.05) is 44.0 Å². The number of sulfonamides is 1. The molecule has 0 bridgehead atoms. The summed E-state index contributed by atoms with van der Waals surface area (Å²) in [5.74, 6) is -0.434. The maximum atomic E-state index is 14.0. The van der Waals surface area contributed by atoms with Crippen LogP contribution in [-0.4, -0.2) is 51.7 Å². The van der Waals surface area contributed by atoms with Gasteiger partial charge < -0.3 is 15.0 Å². The molecule has 196 valence electrons. The fraction of sp³-hybridized carbons (Fsp3) is 0.321. The van der Waals surface area contributed by atoms with Crippen molar-refractivity contribution in [1.82, 2.24) is 4.31 Å². The van der Waals surface area contributed by atoms with E-state index in [-0.39, 0.29) is 10.9 Å². The summed E-state index contributed by atoms with van der Waals surface area (Å²) < 4.78 is 34.3. The second kappa shape index (κ2) is 11.6. The van der Waals surface area contributed by atoms with Gasteiger partial charge in [0.1, 0.15) is 4.90 Å². The molecule has 4 rings (SSSR count). The number of fused-ring (bicyclic) bond motifs is 1. The van der Waals surface area contributed by atoms with Crippen molar-refractivity contribution >= 4 is 50.5 Å². The molecule has 3 aromatic rings. The molecule has 0 amide bonds. The van der Waals surface area contributed by atoms with Crippen molar-refractivity contribution in [1.29, 1.82) is 0 Å². The van der Waals surface area contributed by atoms with Crippen LogP contribution >= 0.6 is 11.8 Å². The number of likely N-dealkylation sites (N-methyl/N-ethyl adjacent to an activating group) is 1. The fourth-order valence-electron chi connectivity index (χ4n) is 4.57. The van der Waals surface area contributed by atoms with Gasteiger partial charge >= 0.3 is 5.97 Å². The van der Waals surface area contributed by atoms with Crippen molar-refractivity contribution in [2.75, 3.05) is 37.2 Å². The molecule has 1 heterocycles. The highest BCUT2D eigenvalue weighted by Crippen LogP contribution is 2.43. The van der Waals surface area contributed by atoms with Crippen LogP contribution in [0.15, 0.2) is 76.5 Å². The average Bonchev–Trinajstić information content (AvgIpc) is 3.00. The number of para-hydroxylation sites is 1. The Morgan fingerprint density at radius 3 is 2.54 bits per heavy atom. The number of unbranched alkanes of at least 4 members (excludes halogenated alkanes) is 1. The summed E-state index contributed by atoms with van der Waals surface area (Å²) in [7, 11) is -0.749. The monoisotopic (exact) mass is 539 g/mol. The minimum Gasteiger partial charge on any atom is -0.465 e. The first-order valence-corrected chi connectivity index (χ1v) is 14.9. The van der Waals surface area contributed by atoms with Gasteiger partial charge in [-0.2, -0.15) is 4.31 Å². The van der Waals surface area contributed by atoms with E-state index in [1.54, 1.807) is 31.3 Å². The van der Waals surface area contributed by atoms with Crippen LogP contribution in [0.3, 0.4) is 0 Å². The molecule has 0 aromatic heterocycles. The van der Waals surface area contributed by atoms with Crippen LogP contribution in [0, 0.1) is 0 Å². The van der Waals surface area contributed by atoms with Crippen LogP contribution < -0.4 is 10.2 Å². The summed E-state index contributed by atoms with van der Waals surface area (Å²) in [4.78, 5) is 15.3. The molecular formula is C28H33N3O4S2. The highest BCUT2D eigenvalue weighted by molar-refractivity contribution is 7.98. The average molecular weight is 540 g/mol. The third kappa shape index (κ3) is 5.63. The van der Waals surface area contributed by atoms with E-state index < -0.39 is 16.0 Å². The van der Waals surface area contributed by atoms with E-state index in [1.807, 2.05) is 48.7 Å². The van der Waals surface area contributed by atoms with Gasteiger partial charge in [0.2, 0.25) is 10.0 Å². The molecular weight excluding hydrogens is 506 g/mol. The van der Waals surface area contributed by atoms with E-state index in [9.17, 15) is 13.2 Å². The smallest absolute Gasteiger partial charge is 0.337 e. The van der Waals surface area contributed by atoms with Crippen molar-refractivity contribution in [2.24, 2.45) is 0 Å². The van der Waals surface area contributed by atoms with Crippen molar-refractivity contribution in [3.63, 3.8) is 0 Å². The van der Waals surface area contributed by atoms with Crippen LogP contribution in [0.5, 0.6) is 0 Å². The van der Waals surface area contributed by atoms with Gasteiger partial charge in [-0.05, 0) is 55.1 Å². The molecule has 0 spiro atoms.